The van der Waals surface area contributed by atoms with Gasteiger partial charge in [0.1, 0.15) is 0 Å². The molecule has 7 nitrogen and oxygen atoms in total. The van der Waals surface area contributed by atoms with E-state index in [9.17, 15) is 28.7 Å². The van der Waals surface area contributed by atoms with Crippen LogP contribution in [0.4, 0.5) is 10.1 Å². The number of hydrogen-bond acceptors (Lipinski definition) is 5. The fourth-order valence-electron chi connectivity index (χ4n) is 6.84. The number of amides is 4. The first kappa shape index (κ1) is 27.7. The van der Waals surface area contributed by atoms with Crippen molar-refractivity contribution in [1.82, 2.24) is 4.90 Å². The van der Waals surface area contributed by atoms with Gasteiger partial charge in [0.2, 0.25) is 11.8 Å². The average Bonchev–Trinajstić information content (AvgIpc) is 3.25. The van der Waals surface area contributed by atoms with Crippen LogP contribution < -0.4 is 4.90 Å². The minimum absolute atomic E-state index is 0.0362. The van der Waals surface area contributed by atoms with E-state index in [4.69, 9.17) is 34.8 Å². The van der Waals surface area contributed by atoms with E-state index in [1.165, 1.54) is 12.1 Å². The van der Waals surface area contributed by atoms with Gasteiger partial charge in [0.25, 0.3) is 11.8 Å². The van der Waals surface area contributed by atoms with E-state index < -0.39 is 68.6 Å². The van der Waals surface area contributed by atoms with Gasteiger partial charge in [-0.05, 0) is 49.4 Å². The Balaban J connectivity index is 1.53. The number of fused-ring (bicyclic) bond motifs is 4. The zero-order valence-corrected chi connectivity index (χ0v) is 24.7. The minimum atomic E-state index is -2.13. The van der Waals surface area contributed by atoms with Crippen LogP contribution in [0.25, 0.3) is 0 Å². The minimum Gasteiger partial charge on any atom is -0.505 e. The summed E-state index contributed by atoms with van der Waals surface area (Å²) in [6.07, 6.45) is 1.64. The lowest BCUT2D eigenvalue weighted by Crippen LogP contribution is -2.60. The first-order valence-electron chi connectivity index (χ1n) is 12.5. The van der Waals surface area contributed by atoms with Crippen LogP contribution in [0.2, 0.25) is 5.02 Å². The van der Waals surface area contributed by atoms with Gasteiger partial charge in [-0.25, -0.2) is 9.29 Å². The summed E-state index contributed by atoms with van der Waals surface area (Å²) in [5, 5.41) is 11.2. The highest BCUT2D eigenvalue weighted by molar-refractivity contribution is 9.09. The number of imide groups is 2. The molecule has 0 spiro atoms. The molecule has 0 bridgehead atoms. The molecule has 208 valence electrons. The predicted octanol–water partition coefficient (Wildman–Crippen LogP) is 5.41. The number of likely N-dealkylation sites (tertiary alicyclic amines) is 1. The number of hydrogen-bond donors (Lipinski definition) is 1. The summed E-state index contributed by atoms with van der Waals surface area (Å²) in [4.78, 5) is 52.7. The van der Waals surface area contributed by atoms with E-state index in [2.05, 4.69) is 15.9 Å². The maximum atomic E-state index is 14.6. The molecule has 4 aliphatic rings. The maximum Gasteiger partial charge on any atom is 0.254 e. The molecule has 2 aliphatic carbocycles. The molecule has 40 heavy (non-hydrogen) atoms. The van der Waals surface area contributed by atoms with Gasteiger partial charge in [-0.15, -0.1) is 23.2 Å². The number of aromatic hydroxyl groups is 1. The van der Waals surface area contributed by atoms with E-state index >= 15 is 0 Å². The third-order valence-electron chi connectivity index (χ3n) is 8.76. The molecule has 3 fully saturated rings. The summed E-state index contributed by atoms with van der Waals surface area (Å²) in [6.45, 7) is 1.80. The third-order valence-corrected chi connectivity index (χ3v) is 11.1. The fourth-order valence-corrected chi connectivity index (χ4v) is 8.43. The molecule has 1 N–H and O–H groups in total. The Morgan fingerprint density at radius 3 is 2.48 bits per heavy atom. The Labute approximate surface area is 252 Å². The number of phenols is 1. The summed E-state index contributed by atoms with van der Waals surface area (Å²) < 4.78 is 14.6. The van der Waals surface area contributed by atoms with Crippen LogP contribution in [0.5, 0.6) is 5.75 Å². The van der Waals surface area contributed by atoms with Crippen LogP contribution in [0.3, 0.4) is 0 Å². The van der Waals surface area contributed by atoms with Gasteiger partial charge in [-0.2, -0.15) is 0 Å². The van der Waals surface area contributed by atoms with E-state index in [0.29, 0.717) is 16.3 Å². The second-order valence-corrected chi connectivity index (χ2v) is 12.8. The number of carbonyl (C=O) groups is 4. The Kier molecular flexibility index (Phi) is 6.42. The van der Waals surface area contributed by atoms with Crippen molar-refractivity contribution < 1.29 is 28.7 Å². The zero-order valence-electron chi connectivity index (χ0n) is 20.8. The number of carbonyl (C=O) groups excluding carboxylic acids is 4. The molecule has 2 aromatic carbocycles. The summed E-state index contributed by atoms with van der Waals surface area (Å²) in [5.41, 5.74) is 1.33. The van der Waals surface area contributed by atoms with Crippen molar-refractivity contribution in [1.29, 1.82) is 0 Å². The van der Waals surface area contributed by atoms with Crippen LogP contribution in [-0.4, -0.2) is 48.8 Å². The second kappa shape index (κ2) is 9.28. The average molecular weight is 671 g/mol. The molecule has 0 aromatic heterocycles. The maximum absolute atomic E-state index is 14.6. The number of benzene rings is 2. The lowest BCUT2D eigenvalue weighted by molar-refractivity contribution is -0.138. The molecular weight excluding hydrogens is 650 g/mol. The number of allylic oxidation sites excluding steroid dienone is 2. The Hall–Kier alpha value is -2.46. The topological polar surface area (TPSA) is 95.0 Å². The highest BCUT2D eigenvalue weighted by atomic mass is 79.9. The summed E-state index contributed by atoms with van der Waals surface area (Å²) in [7, 11) is 0. The molecule has 2 aliphatic heterocycles. The molecule has 6 atom stereocenters. The molecule has 2 saturated heterocycles. The highest BCUT2D eigenvalue weighted by Crippen LogP contribution is 2.66. The van der Waals surface area contributed by atoms with Crippen molar-refractivity contribution in [3.63, 3.8) is 0 Å². The molecule has 2 heterocycles. The standard InChI is InChI=1S/C28H21BrCl3FN2O5/c1-12-5-6-13(9-18(12)30)35-23(37)15-8-7-14-17(20(15)24(35)38)10-27(31)25(39)34(11-29)26(40)28(27,32)21(14)16-3-2-4-19(33)22(16)36/h2-7,9,15,17,20-21,36H,8,10-11H2,1H3. The number of para-hydroxylation sites is 1. The summed E-state index contributed by atoms with van der Waals surface area (Å²) >= 11 is 23.6. The predicted molar refractivity (Wildman–Crippen MR) is 150 cm³/mol. The van der Waals surface area contributed by atoms with Crippen LogP contribution in [0, 0.1) is 30.5 Å². The quantitative estimate of drug-likeness (QED) is 0.204. The van der Waals surface area contributed by atoms with Gasteiger partial charge in [-0.1, -0.05) is 57.4 Å². The zero-order chi connectivity index (χ0) is 28.9. The number of halogens is 5. The molecular formula is C28H21BrCl3FN2O5. The molecule has 2 aromatic rings. The van der Waals surface area contributed by atoms with Gasteiger partial charge in [0, 0.05) is 16.5 Å². The van der Waals surface area contributed by atoms with E-state index in [1.807, 2.05) is 0 Å². The molecule has 12 heteroatoms. The Morgan fingerprint density at radius 2 is 1.80 bits per heavy atom. The van der Waals surface area contributed by atoms with Gasteiger partial charge in [-0.3, -0.25) is 24.1 Å². The van der Waals surface area contributed by atoms with Crippen molar-refractivity contribution in [3.8, 4) is 5.75 Å². The van der Waals surface area contributed by atoms with Crippen molar-refractivity contribution in [2.24, 2.45) is 17.8 Å². The van der Waals surface area contributed by atoms with Crippen LogP contribution in [0.15, 0.2) is 48.0 Å². The molecule has 6 rings (SSSR count). The fraction of sp³-hybridized carbons (Fsp3) is 0.357. The molecule has 1 saturated carbocycles. The van der Waals surface area contributed by atoms with E-state index in [0.717, 1.165) is 21.4 Å². The molecule has 4 amide bonds. The van der Waals surface area contributed by atoms with Crippen molar-refractivity contribution >= 4 is 80.0 Å². The normalized spacial score (nSPS) is 33.2. The SMILES string of the molecule is Cc1ccc(N2C(=O)C3CC=C4C(CC5(Cl)C(=O)N(CBr)C(=O)C5(Cl)C4c4cccc(F)c4O)C3C2=O)cc1Cl. The monoisotopic (exact) mass is 668 g/mol. The van der Waals surface area contributed by atoms with Crippen molar-refractivity contribution in [2.75, 3.05) is 10.4 Å². The Bertz CT molecular complexity index is 1570. The Morgan fingerprint density at radius 1 is 1.07 bits per heavy atom. The van der Waals surface area contributed by atoms with E-state index in [-0.39, 0.29) is 23.9 Å². The number of rotatable bonds is 3. The first-order valence-corrected chi connectivity index (χ1v) is 14.8. The van der Waals surface area contributed by atoms with Gasteiger partial charge in [0.15, 0.2) is 21.3 Å². The number of nitrogens with zero attached hydrogens (tertiary/aromatic N) is 2. The lowest BCUT2D eigenvalue weighted by atomic mass is 9.56. The summed E-state index contributed by atoms with van der Waals surface area (Å²) in [5.74, 6) is -7.91. The van der Waals surface area contributed by atoms with Crippen LogP contribution >= 0.6 is 50.7 Å². The van der Waals surface area contributed by atoms with Crippen molar-refractivity contribution in [2.45, 2.75) is 35.4 Å². The molecule has 6 unspecified atom stereocenters. The van der Waals surface area contributed by atoms with Crippen LogP contribution in [-0.2, 0) is 19.2 Å². The van der Waals surface area contributed by atoms with Crippen molar-refractivity contribution in [3.05, 3.63) is 70.0 Å². The molecule has 0 radical (unpaired) electrons. The van der Waals surface area contributed by atoms with Crippen LogP contribution in [0.1, 0.15) is 29.9 Å². The van der Waals surface area contributed by atoms with E-state index in [1.54, 1.807) is 31.2 Å². The number of anilines is 1. The third kappa shape index (κ3) is 3.41. The summed E-state index contributed by atoms with van der Waals surface area (Å²) in [6, 6.07) is 8.71. The number of phenolic OH excluding ortho intramolecular Hbond substituents is 1. The number of aryl methyl sites for hydroxylation is 1. The van der Waals surface area contributed by atoms with Gasteiger partial charge >= 0.3 is 0 Å². The van der Waals surface area contributed by atoms with Gasteiger partial charge in [0.05, 0.1) is 23.0 Å². The smallest absolute Gasteiger partial charge is 0.254 e. The first-order chi connectivity index (χ1) is 18.9. The number of alkyl halides is 3. The largest absolute Gasteiger partial charge is 0.505 e. The highest BCUT2D eigenvalue weighted by Gasteiger charge is 2.76. The lowest BCUT2D eigenvalue weighted by Gasteiger charge is -2.50. The second-order valence-electron chi connectivity index (χ2n) is 10.6. The van der Waals surface area contributed by atoms with Gasteiger partial charge < -0.3 is 5.11 Å².